The summed E-state index contributed by atoms with van der Waals surface area (Å²) in [6.07, 6.45) is 0. The standard InChI is InChI=1S/C27H21N3P2/c1-3-31-25-15-22-20-9-5-16(13-18(20)7-11-23(22)28-25)17-6-10-21-19(14-17)8-12-24-26(21)30-27(29-24)32-4-2/h3-15,28,31-32H,1-2H2,(H,29,30). The van der Waals surface area contributed by atoms with Crippen molar-refractivity contribution in [3.05, 3.63) is 91.5 Å². The van der Waals surface area contributed by atoms with Gasteiger partial charge in [0.2, 0.25) is 0 Å². The number of fused-ring (bicyclic) bond motifs is 6. The molecule has 2 aromatic heterocycles. The topological polar surface area (TPSA) is 44.5 Å². The predicted octanol–water partition coefficient (Wildman–Crippen LogP) is 6.91. The maximum absolute atomic E-state index is 4.80. The van der Waals surface area contributed by atoms with Crippen LogP contribution in [-0.2, 0) is 0 Å². The van der Waals surface area contributed by atoms with Gasteiger partial charge >= 0.3 is 0 Å². The van der Waals surface area contributed by atoms with Crippen LogP contribution >= 0.6 is 17.2 Å². The van der Waals surface area contributed by atoms with Crippen LogP contribution in [0.4, 0.5) is 0 Å². The van der Waals surface area contributed by atoms with Gasteiger partial charge in [0.25, 0.3) is 0 Å². The summed E-state index contributed by atoms with van der Waals surface area (Å²) in [5.74, 6) is 3.86. The zero-order chi connectivity index (χ0) is 21.7. The smallest absolute Gasteiger partial charge is 0.130 e. The van der Waals surface area contributed by atoms with Gasteiger partial charge in [0.1, 0.15) is 5.57 Å². The maximum Gasteiger partial charge on any atom is 0.130 e. The molecule has 0 amide bonds. The van der Waals surface area contributed by atoms with E-state index in [1.807, 2.05) is 11.6 Å². The van der Waals surface area contributed by atoms with Gasteiger partial charge in [-0.3, -0.25) is 0 Å². The van der Waals surface area contributed by atoms with Gasteiger partial charge in [-0.25, -0.2) is 4.98 Å². The van der Waals surface area contributed by atoms with E-state index in [0.717, 1.165) is 16.6 Å². The third-order valence-corrected chi connectivity index (χ3v) is 7.42. The Morgan fingerprint density at radius 2 is 1.34 bits per heavy atom. The second-order valence-corrected chi connectivity index (χ2v) is 10.2. The molecule has 0 radical (unpaired) electrons. The Morgan fingerprint density at radius 1 is 0.656 bits per heavy atom. The van der Waals surface area contributed by atoms with Gasteiger partial charge in [0.15, 0.2) is 0 Å². The molecule has 0 saturated carbocycles. The number of nitrogens with zero attached hydrogens (tertiary/aromatic N) is 1. The summed E-state index contributed by atoms with van der Waals surface area (Å²) in [5.41, 5.74) is 7.93. The number of rotatable bonds is 5. The lowest BCUT2D eigenvalue weighted by Gasteiger charge is -2.07. The van der Waals surface area contributed by atoms with Crippen LogP contribution in [0.3, 0.4) is 0 Å². The van der Waals surface area contributed by atoms with Crippen molar-refractivity contribution in [1.82, 2.24) is 15.0 Å². The molecule has 2 heterocycles. The fourth-order valence-corrected chi connectivity index (χ4v) is 5.69. The summed E-state index contributed by atoms with van der Waals surface area (Å²) in [5, 5.41) is 6.17. The lowest BCUT2D eigenvalue weighted by molar-refractivity contribution is 1.45. The molecule has 0 aliphatic carbocycles. The third kappa shape index (κ3) is 3.17. The Balaban J connectivity index is 1.45. The van der Waals surface area contributed by atoms with Crippen molar-refractivity contribution >= 4 is 71.6 Å². The van der Waals surface area contributed by atoms with Crippen molar-refractivity contribution < 1.29 is 0 Å². The van der Waals surface area contributed by atoms with E-state index in [1.54, 1.807) is 0 Å². The summed E-state index contributed by atoms with van der Waals surface area (Å²) >= 11 is 0. The van der Waals surface area contributed by atoms with Gasteiger partial charge in [-0.05, 0) is 74.8 Å². The van der Waals surface area contributed by atoms with Crippen molar-refractivity contribution in [3.8, 4) is 11.1 Å². The number of H-pyrrole nitrogens is 2. The van der Waals surface area contributed by atoms with E-state index in [9.17, 15) is 0 Å². The lowest BCUT2D eigenvalue weighted by Crippen LogP contribution is -1.95. The van der Waals surface area contributed by atoms with Crippen molar-refractivity contribution in [2.75, 3.05) is 0 Å². The summed E-state index contributed by atoms with van der Waals surface area (Å²) in [4.78, 5) is 11.7. The zero-order valence-electron chi connectivity index (χ0n) is 17.4. The Bertz CT molecular complexity index is 1550. The van der Waals surface area contributed by atoms with Gasteiger partial charge in [-0.1, -0.05) is 61.2 Å². The van der Waals surface area contributed by atoms with Crippen molar-refractivity contribution in [3.63, 3.8) is 0 Å². The highest BCUT2D eigenvalue weighted by molar-refractivity contribution is 7.50. The molecule has 154 valence electrons. The molecule has 0 fully saturated rings. The summed E-state index contributed by atoms with van der Waals surface area (Å²) in [6.45, 7) is 7.69. The molecular formula is C27H21N3P2. The number of benzene rings is 4. The van der Waals surface area contributed by atoms with E-state index in [-0.39, 0.29) is 0 Å². The van der Waals surface area contributed by atoms with E-state index in [4.69, 9.17) is 4.98 Å². The van der Waals surface area contributed by atoms with Crippen molar-refractivity contribution in [2.45, 2.75) is 0 Å². The molecule has 0 aliphatic heterocycles. The predicted molar refractivity (Wildman–Crippen MR) is 145 cm³/mol. The molecule has 5 heteroatoms. The van der Waals surface area contributed by atoms with Gasteiger partial charge < -0.3 is 9.97 Å². The van der Waals surface area contributed by atoms with Gasteiger partial charge in [0, 0.05) is 21.7 Å². The molecule has 6 aromatic rings. The highest BCUT2D eigenvalue weighted by atomic mass is 31.1. The monoisotopic (exact) mass is 449 g/mol. The van der Waals surface area contributed by atoms with E-state index < -0.39 is 0 Å². The van der Waals surface area contributed by atoms with Crippen LogP contribution in [0.1, 0.15) is 0 Å². The second kappa shape index (κ2) is 7.71. The normalized spacial score (nSPS) is 12.4. The third-order valence-electron chi connectivity index (χ3n) is 5.92. The Hall–Kier alpha value is -3.25. The first-order valence-electron chi connectivity index (χ1n) is 10.5. The van der Waals surface area contributed by atoms with E-state index in [1.165, 1.54) is 49.0 Å². The highest BCUT2D eigenvalue weighted by Gasteiger charge is 2.09. The minimum absolute atomic E-state index is 0.492. The zero-order valence-corrected chi connectivity index (χ0v) is 19.4. The Morgan fingerprint density at radius 3 is 2.09 bits per heavy atom. The van der Waals surface area contributed by atoms with Crippen LogP contribution in [0.15, 0.2) is 91.5 Å². The summed E-state index contributed by atoms with van der Waals surface area (Å²) < 4.78 is 0. The van der Waals surface area contributed by atoms with Crippen LogP contribution in [0.25, 0.3) is 54.6 Å². The summed E-state index contributed by atoms with van der Waals surface area (Å²) in [6, 6.07) is 24.3. The van der Waals surface area contributed by atoms with Crippen LogP contribution in [0.2, 0.25) is 0 Å². The highest BCUT2D eigenvalue weighted by Crippen LogP contribution is 2.32. The quantitative estimate of drug-likeness (QED) is 0.276. The Labute approximate surface area is 189 Å². The first-order valence-corrected chi connectivity index (χ1v) is 12.6. The molecule has 0 spiro atoms. The number of aromatic nitrogens is 3. The second-order valence-electron chi connectivity index (χ2n) is 7.83. The minimum Gasteiger partial charge on any atom is -0.355 e. The molecule has 2 unspecified atom stereocenters. The largest absolute Gasteiger partial charge is 0.355 e. The SMILES string of the molecule is C=CPc1cc2c(ccc3cc(-c4ccc5c(ccc6[nH]c(PC=C)nc65)c4)ccc32)[nH]1. The first kappa shape index (κ1) is 19.4. The van der Waals surface area contributed by atoms with Crippen molar-refractivity contribution in [1.29, 1.82) is 0 Å². The van der Waals surface area contributed by atoms with E-state index in [0.29, 0.717) is 17.2 Å². The molecule has 32 heavy (non-hydrogen) atoms. The molecule has 4 aromatic carbocycles. The van der Waals surface area contributed by atoms with Crippen molar-refractivity contribution in [2.24, 2.45) is 0 Å². The fourth-order valence-electron chi connectivity index (χ4n) is 4.46. The van der Waals surface area contributed by atoms with Gasteiger partial charge in [0.05, 0.1) is 11.0 Å². The molecule has 3 nitrogen and oxygen atoms in total. The molecule has 2 N–H and O–H groups in total. The Kier molecular flexibility index (Phi) is 4.68. The number of aromatic amines is 2. The molecule has 2 atom stereocenters. The molecule has 0 bridgehead atoms. The molecule has 0 aliphatic rings. The molecule has 6 rings (SSSR count). The number of imidazole rings is 1. The average Bonchev–Trinajstić information content (AvgIpc) is 3.42. The van der Waals surface area contributed by atoms with Gasteiger partial charge in [-0.2, -0.15) is 0 Å². The minimum atomic E-state index is 0.492. The van der Waals surface area contributed by atoms with E-state index >= 15 is 0 Å². The van der Waals surface area contributed by atoms with Gasteiger partial charge in [-0.15, -0.1) is 0 Å². The maximum atomic E-state index is 4.80. The van der Waals surface area contributed by atoms with Crippen LogP contribution in [0.5, 0.6) is 0 Å². The first-order chi connectivity index (χ1) is 15.7. The lowest BCUT2D eigenvalue weighted by atomic mass is 9.97. The number of hydrogen-bond donors (Lipinski definition) is 2. The number of nitrogens with one attached hydrogen (secondary N) is 2. The van der Waals surface area contributed by atoms with Crippen LogP contribution in [-0.4, -0.2) is 15.0 Å². The molecular weight excluding hydrogens is 428 g/mol. The van der Waals surface area contributed by atoms with E-state index in [2.05, 4.69) is 89.9 Å². The average molecular weight is 449 g/mol. The molecule has 0 saturated heterocycles. The summed E-state index contributed by atoms with van der Waals surface area (Å²) in [7, 11) is 1.09. The van der Waals surface area contributed by atoms with Crippen LogP contribution in [0, 0.1) is 0 Å². The number of hydrogen-bond acceptors (Lipinski definition) is 1. The fraction of sp³-hybridized carbons (Fsp3) is 0. The van der Waals surface area contributed by atoms with Crippen LogP contribution < -0.4 is 11.0 Å².